The SMILES string of the molecule is CC1CCCCN1CCN=C(N)N1CCOCC1. The Morgan fingerprint density at radius 3 is 2.78 bits per heavy atom. The summed E-state index contributed by atoms with van der Waals surface area (Å²) in [6.45, 7) is 8.64. The van der Waals surface area contributed by atoms with Gasteiger partial charge in [0.15, 0.2) is 5.96 Å². The van der Waals surface area contributed by atoms with E-state index in [1.165, 1.54) is 25.8 Å². The predicted molar refractivity (Wildman–Crippen MR) is 73.8 cm³/mol. The molecule has 0 bridgehead atoms. The molecule has 2 aliphatic heterocycles. The van der Waals surface area contributed by atoms with Crippen LogP contribution in [-0.2, 0) is 4.74 Å². The lowest BCUT2D eigenvalue weighted by Crippen LogP contribution is -2.45. The van der Waals surface area contributed by atoms with Crippen LogP contribution in [-0.4, -0.2) is 67.7 Å². The maximum absolute atomic E-state index is 6.00. The van der Waals surface area contributed by atoms with Crippen LogP contribution >= 0.6 is 0 Å². The van der Waals surface area contributed by atoms with Crippen LogP contribution in [0.15, 0.2) is 4.99 Å². The summed E-state index contributed by atoms with van der Waals surface area (Å²) in [6, 6.07) is 0.707. The van der Waals surface area contributed by atoms with Crippen molar-refractivity contribution in [1.29, 1.82) is 0 Å². The predicted octanol–water partition coefficient (Wildman–Crippen LogP) is 0.508. The first kappa shape index (κ1) is 13.6. The molecular formula is C13H26N4O. The number of piperidine rings is 1. The molecule has 104 valence electrons. The van der Waals surface area contributed by atoms with Crippen LogP contribution in [0.5, 0.6) is 0 Å². The van der Waals surface area contributed by atoms with Gasteiger partial charge >= 0.3 is 0 Å². The molecule has 5 heteroatoms. The van der Waals surface area contributed by atoms with Gasteiger partial charge < -0.3 is 15.4 Å². The topological polar surface area (TPSA) is 54.1 Å². The van der Waals surface area contributed by atoms with E-state index >= 15 is 0 Å². The standard InChI is InChI=1S/C13H26N4O/c1-12-4-2-3-6-16(12)7-5-15-13(14)17-8-10-18-11-9-17/h12H,2-11H2,1H3,(H2,14,15). The largest absolute Gasteiger partial charge is 0.378 e. The van der Waals surface area contributed by atoms with E-state index in [-0.39, 0.29) is 0 Å². The van der Waals surface area contributed by atoms with Gasteiger partial charge in [0.1, 0.15) is 0 Å². The van der Waals surface area contributed by atoms with Crippen molar-refractivity contribution in [3.63, 3.8) is 0 Å². The summed E-state index contributed by atoms with van der Waals surface area (Å²) >= 11 is 0. The Balaban J connectivity index is 1.72. The lowest BCUT2D eigenvalue weighted by molar-refractivity contribution is 0.0673. The lowest BCUT2D eigenvalue weighted by atomic mass is 10.0. The Labute approximate surface area is 110 Å². The molecule has 0 amide bonds. The van der Waals surface area contributed by atoms with Gasteiger partial charge in [-0.15, -0.1) is 0 Å². The van der Waals surface area contributed by atoms with Crippen molar-refractivity contribution >= 4 is 5.96 Å². The molecule has 18 heavy (non-hydrogen) atoms. The summed E-state index contributed by atoms with van der Waals surface area (Å²) in [7, 11) is 0. The number of nitrogens with two attached hydrogens (primary N) is 1. The van der Waals surface area contributed by atoms with Crippen molar-refractivity contribution in [2.75, 3.05) is 45.9 Å². The number of hydrogen-bond donors (Lipinski definition) is 1. The quantitative estimate of drug-likeness (QED) is 0.589. The molecule has 0 radical (unpaired) electrons. The third-order valence-corrected chi connectivity index (χ3v) is 3.94. The molecule has 5 nitrogen and oxygen atoms in total. The van der Waals surface area contributed by atoms with Gasteiger partial charge in [-0.25, -0.2) is 0 Å². The second kappa shape index (κ2) is 6.95. The van der Waals surface area contributed by atoms with Gasteiger partial charge in [0.2, 0.25) is 0 Å². The third kappa shape index (κ3) is 3.85. The molecule has 0 aromatic carbocycles. The van der Waals surface area contributed by atoms with Gasteiger partial charge in [-0.1, -0.05) is 6.42 Å². The van der Waals surface area contributed by atoms with Crippen molar-refractivity contribution in [3.05, 3.63) is 0 Å². The zero-order valence-corrected chi connectivity index (χ0v) is 11.5. The average Bonchev–Trinajstić information content (AvgIpc) is 2.42. The van der Waals surface area contributed by atoms with E-state index in [9.17, 15) is 0 Å². The Hall–Kier alpha value is -0.810. The molecule has 2 heterocycles. The molecule has 0 aromatic rings. The number of morpholine rings is 1. The second-order valence-electron chi connectivity index (χ2n) is 5.22. The van der Waals surface area contributed by atoms with Crippen LogP contribution in [0.1, 0.15) is 26.2 Å². The zero-order chi connectivity index (χ0) is 12.8. The molecule has 1 unspecified atom stereocenters. The van der Waals surface area contributed by atoms with E-state index in [1.807, 2.05) is 0 Å². The van der Waals surface area contributed by atoms with Crippen LogP contribution in [0.25, 0.3) is 0 Å². The number of likely N-dealkylation sites (tertiary alicyclic amines) is 1. The van der Waals surface area contributed by atoms with Crippen LogP contribution in [0.3, 0.4) is 0 Å². The molecule has 0 saturated carbocycles. The molecule has 2 saturated heterocycles. The monoisotopic (exact) mass is 254 g/mol. The summed E-state index contributed by atoms with van der Waals surface area (Å²) < 4.78 is 5.30. The van der Waals surface area contributed by atoms with Crippen LogP contribution in [0, 0.1) is 0 Å². The lowest BCUT2D eigenvalue weighted by Gasteiger charge is -2.33. The minimum Gasteiger partial charge on any atom is -0.378 e. The Kier molecular flexibility index (Phi) is 5.26. The van der Waals surface area contributed by atoms with E-state index in [0.29, 0.717) is 12.0 Å². The summed E-state index contributed by atoms with van der Waals surface area (Å²) in [5.74, 6) is 0.683. The van der Waals surface area contributed by atoms with Crippen LogP contribution in [0.4, 0.5) is 0 Å². The molecule has 0 aliphatic carbocycles. The molecule has 2 fully saturated rings. The van der Waals surface area contributed by atoms with Gasteiger partial charge in [-0.2, -0.15) is 0 Å². The number of hydrogen-bond acceptors (Lipinski definition) is 3. The highest BCUT2D eigenvalue weighted by Gasteiger charge is 2.17. The van der Waals surface area contributed by atoms with E-state index in [4.69, 9.17) is 10.5 Å². The highest BCUT2D eigenvalue weighted by Crippen LogP contribution is 2.15. The second-order valence-corrected chi connectivity index (χ2v) is 5.22. The fourth-order valence-electron chi connectivity index (χ4n) is 2.68. The Morgan fingerprint density at radius 1 is 1.28 bits per heavy atom. The van der Waals surface area contributed by atoms with E-state index < -0.39 is 0 Å². The van der Waals surface area contributed by atoms with Crippen molar-refractivity contribution in [1.82, 2.24) is 9.80 Å². The first-order valence-electron chi connectivity index (χ1n) is 7.14. The fourth-order valence-corrected chi connectivity index (χ4v) is 2.68. The van der Waals surface area contributed by atoms with E-state index in [2.05, 4.69) is 21.7 Å². The molecule has 0 spiro atoms. The van der Waals surface area contributed by atoms with E-state index in [1.54, 1.807) is 0 Å². The van der Waals surface area contributed by atoms with Crippen molar-refractivity contribution in [3.8, 4) is 0 Å². The van der Waals surface area contributed by atoms with Gasteiger partial charge in [0, 0.05) is 25.7 Å². The number of rotatable bonds is 3. The fraction of sp³-hybridized carbons (Fsp3) is 0.923. The van der Waals surface area contributed by atoms with Crippen LogP contribution in [0.2, 0.25) is 0 Å². The maximum Gasteiger partial charge on any atom is 0.191 e. The molecule has 1 atom stereocenters. The maximum atomic E-state index is 6.00. The number of nitrogens with zero attached hydrogens (tertiary/aromatic N) is 3. The minimum absolute atomic E-state index is 0.683. The highest BCUT2D eigenvalue weighted by atomic mass is 16.5. The summed E-state index contributed by atoms with van der Waals surface area (Å²) in [6.07, 6.45) is 4.02. The number of ether oxygens (including phenoxy) is 1. The molecule has 0 aromatic heterocycles. The molecule has 2 aliphatic rings. The van der Waals surface area contributed by atoms with Crippen molar-refractivity contribution in [2.24, 2.45) is 10.7 Å². The normalized spacial score (nSPS) is 27.5. The van der Waals surface area contributed by atoms with Crippen LogP contribution < -0.4 is 5.73 Å². The van der Waals surface area contributed by atoms with E-state index in [0.717, 1.165) is 39.4 Å². The first-order valence-corrected chi connectivity index (χ1v) is 7.14. The number of aliphatic imine (C=N–C) groups is 1. The minimum atomic E-state index is 0.683. The van der Waals surface area contributed by atoms with Gasteiger partial charge in [-0.3, -0.25) is 9.89 Å². The first-order chi connectivity index (χ1) is 8.77. The molecule has 2 N–H and O–H groups in total. The van der Waals surface area contributed by atoms with Gasteiger partial charge in [-0.05, 0) is 26.3 Å². The number of guanidine groups is 1. The van der Waals surface area contributed by atoms with Crippen molar-refractivity contribution < 1.29 is 4.74 Å². The van der Waals surface area contributed by atoms with Crippen molar-refractivity contribution in [2.45, 2.75) is 32.2 Å². The smallest absolute Gasteiger partial charge is 0.191 e. The summed E-state index contributed by atoms with van der Waals surface area (Å²) in [5.41, 5.74) is 6.00. The summed E-state index contributed by atoms with van der Waals surface area (Å²) in [4.78, 5) is 9.14. The zero-order valence-electron chi connectivity index (χ0n) is 11.5. The van der Waals surface area contributed by atoms with Gasteiger partial charge in [0.05, 0.1) is 19.8 Å². The molecule has 2 rings (SSSR count). The molecular weight excluding hydrogens is 228 g/mol. The Morgan fingerprint density at radius 2 is 2.06 bits per heavy atom. The third-order valence-electron chi connectivity index (χ3n) is 3.94. The highest BCUT2D eigenvalue weighted by molar-refractivity contribution is 5.78. The Bertz CT molecular complexity index is 276. The average molecular weight is 254 g/mol. The summed E-state index contributed by atoms with van der Waals surface area (Å²) in [5, 5.41) is 0. The van der Waals surface area contributed by atoms with Gasteiger partial charge in [0.25, 0.3) is 0 Å².